The number of ether oxygens (including phenoxy) is 1. The van der Waals surface area contributed by atoms with Crippen molar-refractivity contribution in [1.82, 2.24) is 9.97 Å². The van der Waals surface area contributed by atoms with Crippen LogP contribution in [0, 0.1) is 6.92 Å². The Balaban J connectivity index is 1.82. The second kappa shape index (κ2) is 8.47. The molecule has 3 rings (SSSR count). The van der Waals surface area contributed by atoms with Gasteiger partial charge in [0.1, 0.15) is 11.3 Å². The smallest absolute Gasteiger partial charge is 0.323 e. The summed E-state index contributed by atoms with van der Waals surface area (Å²) in [6.07, 6.45) is 2.80. The number of pyridine rings is 2. The van der Waals surface area contributed by atoms with E-state index in [1.807, 2.05) is 19.9 Å². The average Bonchev–Trinajstić information content (AvgIpc) is 2.68. The van der Waals surface area contributed by atoms with Gasteiger partial charge in [-0.15, -0.1) is 0 Å². The zero-order valence-electron chi connectivity index (χ0n) is 16.1. The Morgan fingerprint density at radius 1 is 1.14 bits per heavy atom. The van der Waals surface area contributed by atoms with E-state index >= 15 is 0 Å². The van der Waals surface area contributed by atoms with Gasteiger partial charge in [0, 0.05) is 24.0 Å². The summed E-state index contributed by atoms with van der Waals surface area (Å²) in [4.78, 5) is 33.5. The Morgan fingerprint density at radius 2 is 1.96 bits per heavy atom. The summed E-state index contributed by atoms with van der Waals surface area (Å²) in [7, 11) is 1.52. The van der Waals surface area contributed by atoms with Gasteiger partial charge in [0.25, 0.3) is 0 Å². The number of carbonyl (C=O) groups is 2. The van der Waals surface area contributed by atoms with Gasteiger partial charge < -0.3 is 15.4 Å². The highest BCUT2D eigenvalue weighted by Crippen LogP contribution is 2.25. The van der Waals surface area contributed by atoms with Gasteiger partial charge in [-0.2, -0.15) is 0 Å². The van der Waals surface area contributed by atoms with Crippen LogP contribution in [0.4, 0.5) is 16.2 Å². The van der Waals surface area contributed by atoms with Gasteiger partial charge in [-0.1, -0.05) is 6.92 Å². The molecular formula is C21H22N4O3. The van der Waals surface area contributed by atoms with Gasteiger partial charge in [0.05, 0.1) is 23.9 Å². The topological polar surface area (TPSA) is 93.2 Å². The van der Waals surface area contributed by atoms with Crippen molar-refractivity contribution >= 4 is 34.2 Å². The van der Waals surface area contributed by atoms with E-state index in [4.69, 9.17) is 4.74 Å². The molecule has 7 nitrogen and oxygen atoms in total. The molecule has 0 saturated carbocycles. The molecule has 0 radical (unpaired) electrons. The molecule has 2 amide bonds. The number of ketones is 1. The van der Waals surface area contributed by atoms with Crippen LogP contribution in [0.1, 0.15) is 35.8 Å². The standard InChI is InChI=1S/C21H22N4O3/c1-4-6-18(26)15-12-14(8-9-19(15)28-3)24-21(27)25-17-11-13(2)23-16-7-5-10-22-20(16)17/h5,7-12H,4,6H2,1-3H3,(H2,23,24,25,27). The number of carbonyl (C=O) groups excluding carboxylic acids is 2. The van der Waals surface area contributed by atoms with E-state index in [0.717, 1.165) is 12.1 Å². The molecule has 7 heteroatoms. The number of anilines is 2. The van der Waals surface area contributed by atoms with Crippen molar-refractivity contribution < 1.29 is 14.3 Å². The highest BCUT2D eigenvalue weighted by molar-refractivity contribution is 6.05. The number of aryl methyl sites for hydroxylation is 1. The third-order valence-electron chi connectivity index (χ3n) is 4.17. The molecule has 2 N–H and O–H groups in total. The van der Waals surface area contributed by atoms with Crippen molar-refractivity contribution in [3.05, 3.63) is 53.9 Å². The Morgan fingerprint density at radius 3 is 2.71 bits per heavy atom. The Hall–Kier alpha value is -3.48. The lowest BCUT2D eigenvalue weighted by Crippen LogP contribution is -2.20. The van der Waals surface area contributed by atoms with Gasteiger partial charge >= 0.3 is 6.03 Å². The molecule has 0 fully saturated rings. The number of rotatable bonds is 6. The zero-order chi connectivity index (χ0) is 20.1. The molecule has 2 aromatic heterocycles. The maximum Gasteiger partial charge on any atom is 0.323 e. The summed E-state index contributed by atoms with van der Waals surface area (Å²) in [5.74, 6) is 0.465. The first-order valence-electron chi connectivity index (χ1n) is 9.03. The second-order valence-corrected chi connectivity index (χ2v) is 6.35. The molecule has 0 atom stereocenters. The van der Waals surface area contributed by atoms with Gasteiger partial charge in [-0.25, -0.2) is 4.79 Å². The van der Waals surface area contributed by atoms with Crippen LogP contribution in [0.5, 0.6) is 5.75 Å². The van der Waals surface area contributed by atoms with Gasteiger partial charge in [-0.3, -0.25) is 14.8 Å². The Bertz CT molecular complexity index is 1030. The summed E-state index contributed by atoms with van der Waals surface area (Å²) in [5, 5.41) is 5.57. The third kappa shape index (κ3) is 4.25. The predicted molar refractivity (Wildman–Crippen MR) is 109 cm³/mol. The number of hydrogen-bond acceptors (Lipinski definition) is 5. The monoisotopic (exact) mass is 378 g/mol. The Labute approximate surface area is 163 Å². The molecule has 28 heavy (non-hydrogen) atoms. The van der Waals surface area contributed by atoms with Gasteiger partial charge in [-0.05, 0) is 49.7 Å². The van der Waals surface area contributed by atoms with Crippen molar-refractivity contribution in [3.8, 4) is 5.75 Å². The zero-order valence-corrected chi connectivity index (χ0v) is 16.1. The number of methoxy groups -OCH3 is 1. The number of hydrogen-bond donors (Lipinski definition) is 2. The lowest BCUT2D eigenvalue weighted by molar-refractivity contribution is 0.0979. The fourth-order valence-corrected chi connectivity index (χ4v) is 2.94. The van der Waals surface area contributed by atoms with E-state index in [9.17, 15) is 9.59 Å². The minimum atomic E-state index is -0.434. The first-order chi connectivity index (χ1) is 13.5. The number of Topliss-reactive ketones (excluding diaryl/α,β-unsaturated/α-hetero) is 1. The highest BCUT2D eigenvalue weighted by Gasteiger charge is 2.14. The quantitative estimate of drug-likeness (QED) is 0.613. The van der Waals surface area contributed by atoms with E-state index in [1.54, 1.807) is 36.5 Å². The molecule has 0 aliphatic rings. The van der Waals surface area contributed by atoms with Crippen LogP contribution in [0.2, 0.25) is 0 Å². The number of nitrogens with zero attached hydrogens (tertiary/aromatic N) is 2. The summed E-state index contributed by atoms with van der Waals surface area (Å²) < 4.78 is 5.27. The molecule has 144 valence electrons. The van der Waals surface area contributed by atoms with E-state index in [0.29, 0.717) is 40.1 Å². The molecule has 2 heterocycles. The van der Waals surface area contributed by atoms with Crippen LogP contribution < -0.4 is 15.4 Å². The first kappa shape index (κ1) is 19.3. The minimum absolute atomic E-state index is 0.0247. The van der Waals surface area contributed by atoms with E-state index in [1.165, 1.54) is 7.11 Å². The molecule has 0 bridgehead atoms. The fraction of sp³-hybridized carbons (Fsp3) is 0.238. The van der Waals surface area contributed by atoms with Crippen LogP contribution in [-0.2, 0) is 0 Å². The Kier molecular flexibility index (Phi) is 5.84. The van der Waals surface area contributed by atoms with E-state index in [-0.39, 0.29) is 5.78 Å². The molecule has 0 spiro atoms. The van der Waals surface area contributed by atoms with Crippen LogP contribution in [-0.4, -0.2) is 28.9 Å². The van der Waals surface area contributed by atoms with Crippen LogP contribution in [0.15, 0.2) is 42.6 Å². The van der Waals surface area contributed by atoms with Crippen molar-refractivity contribution in [1.29, 1.82) is 0 Å². The predicted octanol–water partition coefficient (Wildman–Crippen LogP) is 4.57. The van der Waals surface area contributed by atoms with Crippen molar-refractivity contribution in [3.63, 3.8) is 0 Å². The lowest BCUT2D eigenvalue weighted by Gasteiger charge is -2.12. The number of aromatic nitrogens is 2. The summed E-state index contributed by atoms with van der Waals surface area (Å²) in [5.41, 5.74) is 3.60. The largest absolute Gasteiger partial charge is 0.496 e. The highest BCUT2D eigenvalue weighted by atomic mass is 16.5. The average molecular weight is 378 g/mol. The molecule has 0 aliphatic heterocycles. The SMILES string of the molecule is CCCC(=O)c1cc(NC(=O)Nc2cc(C)nc3cccnc23)ccc1OC. The number of amides is 2. The van der Waals surface area contributed by atoms with E-state index in [2.05, 4.69) is 20.6 Å². The molecule has 0 saturated heterocycles. The fourth-order valence-electron chi connectivity index (χ4n) is 2.94. The van der Waals surface area contributed by atoms with Crippen molar-refractivity contribution in [2.24, 2.45) is 0 Å². The van der Waals surface area contributed by atoms with Gasteiger partial charge in [0.15, 0.2) is 5.78 Å². The van der Waals surface area contributed by atoms with Crippen molar-refractivity contribution in [2.45, 2.75) is 26.7 Å². The molecule has 0 aliphatic carbocycles. The molecule has 1 aromatic carbocycles. The van der Waals surface area contributed by atoms with Crippen LogP contribution in [0.25, 0.3) is 11.0 Å². The maximum absolute atomic E-state index is 12.5. The summed E-state index contributed by atoms with van der Waals surface area (Å²) in [6, 6.07) is 9.96. The first-order valence-corrected chi connectivity index (χ1v) is 9.03. The maximum atomic E-state index is 12.5. The van der Waals surface area contributed by atoms with Crippen molar-refractivity contribution in [2.75, 3.05) is 17.7 Å². The summed E-state index contributed by atoms with van der Waals surface area (Å²) >= 11 is 0. The molecular weight excluding hydrogens is 356 g/mol. The number of nitrogens with one attached hydrogen (secondary N) is 2. The van der Waals surface area contributed by atoms with Crippen LogP contribution >= 0.6 is 0 Å². The second-order valence-electron chi connectivity index (χ2n) is 6.35. The lowest BCUT2D eigenvalue weighted by atomic mass is 10.1. The third-order valence-corrected chi connectivity index (χ3v) is 4.17. The minimum Gasteiger partial charge on any atom is -0.496 e. The summed E-state index contributed by atoms with van der Waals surface area (Å²) in [6.45, 7) is 3.79. The van der Waals surface area contributed by atoms with Crippen LogP contribution in [0.3, 0.4) is 0 Å². The normalized spacial score (nSPS) is 10.5. The van der Waals surface area contributed by atoms with Gasteiger partial charge in [0.2, 0.25) is 0 Å². The van der Waals surface area contributed by atoms with E-state index < -0.39 is 6.03 Å². The number of benzene rings is 1. The molecule has 3 aromatic rings. The molecule has 0 unspecified atom stereocenters. The number of fused-ring (bicyclic) bond motifs is 1. The number of urea groups is 1.